The highest BCUT2D eigenvalue weighted by molar-refractivity contribution is 9.10. The number of halogens is 1. The Morgan fingerprint density at radius 2 is 1.81 bits per heavy atom. The lowest BCUT2D eigenvalue weighted by atomic mass is 10.3. The van der Waals surface area contributed by atoms with Gasteiger partial charge in [-0.25, -0.2) is 12.7 Å². The quantitative estimate of drug-likeness (QED) is 0.817. The number of para-hydroxylation sites is 1. The van der Waals surface area contributed by atoms with Gasteiger partial charge >= 0.3 is 0 Å². The van der Waals surface area contributed by atoms with Crippen LogP contribution >= 0.6 is 27.7 Å². The minimum absolute atomic E-state index is 0.132. The van der Waals surface area contributed by atoms with Gasteiger partial charge in [-0.15, -0.1) is 0 Å². The van der Waals surface area contributed by atoms with Gasteiger partial charge in [0.15, 0.2) is 0 Å². The van der Waals surface area contributed by atoms with Crippen molar-refractivity contribution < 1.29 is 8.42 Å². The zero-order valence-electron chi connectivity index (χ0n) is 11.6. The number of anilines is 1. The lowest BCUT2D eigenvalue weighted by Gasteiger charge is -2.15. The molecule has 2 N–H and O–H groups in total. The van der Waals surface area contributed by atoms with Crippen molar-refractivity contribution in [2.75, 3.05) is 19.8 Å². The molecule has 0 unspecified atom stereocenters. The maximum Gasteiger partial charge on any atom is 0.244 e. The number of sulfonamides is 1. The monoisotopic (exact) mass is 386 g/mol. The number of nitrogens with two attached hydrogens (primary N) is 1. The van der Waals surface area contributed by atoms with Crippen molar-refractivity contribution >= 4 is 43.4 Å². The van der Waals surface area contributed by atoms with Gasteiger partial charge < -0.3 is 5.73 Å². The van der Waals surface area contributed by atoms with Crippen molar-refractivity contribution in [3.05, 3.63) is 46.9 Å². The fourth-order valence-corrected chi connectivity index (χ4v) is 4.29. The zero-order valence-corrected chi connectivity index (χ0v) is 14.8. The van der Waals surface area contributed by atoms with Gasteiger partial charge in [-0.2, -0.15) is 0 Å². The second-order valence-corrected chi connectivity index (χ2v) is 8.67. The standard InChI is InChI=1S/C14H15BrN2O2S2/c1-17(2)21(18,19)13-8-4-7-12(14(13)16)20-11-6-3-5-10(15)9-11/h3-9H,16H2,1-2H3. The molecule has 0 fully saturated rings. The highest BCUT2D eigenvalue weighted by Gasteiger charge is 2.21. The highest BCUT2D eigenvalue weighted by atomic mass is 79.9. The molecule has 2 aromatic rings. The molecule has 2 rings (SSSR count). The number of hydrogen-bond acceptors (Lipinski definition) is 4. The lowest BCUT2D eigenvalue weighted by molar-refractivity contribution is 0.521. The van der Waals surface area contributed by atoms with E-state index in [9.17, 15) is 8.42 Å². The van der Waals surface area contributed by atoms with E-state index in [2.05, 4.69) is 15.9 Å². The Morgan fingerprint density at radius 1 is 1.14 bits per heavy atom. The first-order valence-corrected chi connectivity index (χ1v) is 9.12. The van der Waals surface area contributed by atoms with E-state index < -0.39 is 10.0 Å². The van der Waals surface area contributed by atoms with E-state index in [4.69, 9.17) is 5.73 Å². The molecule has 4 nitrogen and oxygen atoms in total. The van der Waals surface area contributed by atoms with Crippen molar-refractivity contribution in [2.24, 2.45) is 0 Å². The van der Waals surface area contributed by atoms with Crippen molar-refractivity contribution in [3.63, 3.8) is 0 Å². The summed E-state index contributed by atoms with van der Waals surface area (Å²) in [5.41, 5.74) is 6.33. The zero-order chi connectivity index (χ0) is 15.6. The fraction of sp³-hybridized carbons (Fsp3) is 0.143. The van der Waals surface area contributed by atoms with Crippen molar-refractivity contribution in [3.8, 4) is 0 Å². The van der Waals surface area contributed by atoms with Crippen LogP contribution in [0.2, 0.25) is 0 Å². The first-order chi connectivity index (χ1) is 9.82. The Labute approximate surface area is 137 Å². The number of nitrogen functional groups attached to an aromatic ring is 1. The third-order valence-corrected chi connectivity index (χ3v) is 6.24. The molecule has 0 bridgehead atoms. The molecule has 0 aromatic heterocycles. The van der Waals surface area contributed by atoms with Gasteiger partial charge in [-0.3, -0.25) is 0 Å². The summed E-state index contributed by atoms with van der Waals surface area (Å²) in [4.78, 5) is 1.83. The number of nitrogens with zero attached hydrogens (tertiary/aromatic N) is 1. The molecule has 2 aromatic carbocycles. The largest absolute Gasteiger partial charge is 0.397 e. The van der Waals surface area contributed by atoms with Crippen LogP contribution in [0.1, 0.15) is 0 Å². The van der Waals surface area contributed by atoms with Crippen molar-refractivity contribution in [1.82, 2.24) is 4.31 Å². The number of rotatable bonds is 4. The summed E-state index contributed by atoms with van der Waals surface area (Å²) in [5, 5.41) is 0. The molecule has 0 radical (unpaired) electrons. The van der Waals surface area contributed by atoms with Crippen LogP contribution in [0.15, 0.2) is 61.6 Å². The van der Waals surface area contributed by atoms with E-state index in [-0.39, 0.29) is 10.6 Å². The third kappa shape index (κ3) is 3.60. The molecule has 0 saturated heterocycles. The molecule has 0 saturated carbocycles. The molecule has 0 heterocycles. The molecule has 0 spiro atoms. The molecule has 21 heavy (non-hydrogen) atoms. The van der Waals surface area contributed by atoms with E-state index >= 15 is 0 Å². The summed E-state index contributed by atoms with van der Waals surface area (Å²) < 4.78 is 26.6. The van der Waals surface area contributed by atoms with Gasteiger partial charge in [0.05, 0.1) is 5.69 Å². The number of benzene rings is 2. The lowest BCUT2D eigenvalue weighted by Crippen LogP contribution is -2.23. The predicted octanol–water partition coefficient (Wildman–Crippen LogP) is 3.43. The molecule has 112 valence electrons. The van der Waals surface area contributed by atoms with Crippen LogP contribution in [0.5, 0.6) is 0 Å². The first-order valence-electron chi connectivity index (χ1n) is 6.07. The molecule has 7 heteroatoms. The SMILES string of the molecule is CN(C)S(=O)(=O)c1cccc(Sc2cccc(Br)c2)c1N. The third-order valence-electron chi connectivity index (χ3n) is 2.81. The van der Waals surface area contributed by atoms with Crippen LogP contribution in [-0.4, -0.2) is 26.8 Å². The average molecular weight is 387 g/mol. The Kier molecular flexibility index (Phi) is 4.98. The van der Waals surface area contributed by atoms with E-state index in [1.807, 2.05) is 30.3 Å². The minimum Gasteiger partial charge on any atom is -0.397 e. The van der Waals surface area contributed by atoms with Crippen molar-refractivity contribution in [1.29, 1.82) is 0 Å². The normalized spacial score (nSPS) is 11.8. The molecule has 0 aliphatic rings. The molecule has 0 amide bonds. The summed E-state index contributed by atoms with van der Waals surface area (Å²) in [7, 11) is -0.567. The topological polar surface area (TPSA) is 63.4 Å². The smallest absolute Gasteiger partial charge is 0.244 e. The van der Waals surface area contributed by atoms with E-state index in [0.29, 0.717) is 0 Å². The maximum absolute atomic E-state index is 12.2. The second kappa shape index (κ2) is 6.39. The first kappa shape index (κ1) is 16.4. The summed E-state index contributed by atoms with van der Waals surface area (Å²) in [5.74, 6) is 0. The van der Waals surface area contributed by atoms with Gasteiger partial charge in [-0.1, -0.05) is 39.8 Å². The Balaban J connectivity index is 2.44. The summed E-state index contributed by atoms with van der Waals surface area (Å²) in [6, 6.07) is 12.8. The van der Waals surface area contributed by atoms with Gasteiger partial charge in [0.2, 0.25) is 10.0 Å². The Bertz CT molecular complexity index is 761. The molecule has 0 aliphatic heterocycles. The average Bonchev–Trinajstić information content (AvgIpc) is 2.41. The highest BCUT2D eigenvalue weighted by Crippen LogP contribution is 2.36. The number of hydrogen-bond donors (Lipinski definition) is 1. The van der Waals surface area contributed by atoms with Gasteiger partial charge in [0.1, 0.15) is 4.90 Å². The molecule has 0 atom stereocenters. The predicted molar refractivity (Wildman–Crippen MR) is 90.0 cm³/mol. The van der Waals surface area contributed by atoms with E-state index in [1.165, 1.54) is 31.9 Å². The van der Waals surface area contributed by atoms with Gasteiger partial charge in [-0.05, 0) is 30.3 Å². The second-order valence-electron chi connectivity index (χ2n) is 4.51. The van der Waals surface area contributed by atoms with Crippen LogP contribution in [0.4, 0.5) is 5.69 Å². The molecular weight excluding hydrogens is 372 g/mol. The summed E-state index contributed by atoms with van der Waals surface area (Å²) in [6.07, 6.45) is 0. The van der Waals surface area contributed by atoms with E-state index in [1.54, 1.807) is 6.07 Å². The van der Waals surface area contributed by atoms with Crippen LogP contribution in [0.3, 0.4) is 0 Å². The maximum atomic E-state index is 12.2. The van der Waals surface area contributed by atoms with Gasteiger partial charge in [0, 0.05) is 28.4 Å². The molecular formula is C14H15BrN2O2S2. The van der Waals surface area contributed by atoms with E-state index in [0.717, 1.165) is 18.6 Å². The Morgan fingerprint density at radius 3 is 2.43 bits per heavy atom. The van der Waals surface area contributed by atoms with Crippen molar-refractivity contribution in [2.45, 2.75) is 14.7 Å². The van der Waals surface area contributed by atoms with Gasteiger partial charge in [0.25, 0.3) is 0 Å². The summed E-state index contributed by atoms with van der Waals surface area (Å²) in [6.45, 7) is 0. The Hall–Kier alpha value is -1.02. The van der Waals surface area contributed by atoms with Crippen LogP contribution in [-0.2, 0) is 10.0 Å². The summed E-state index contributed by atoms with van der Waals surface area (Å²) >= 11 is 4.84. The fourth-order valence-electron chi connectivity index (χ4n) is 1.69. The van der Waals surface area contributed by atoms with Crippen LogP contribution < -0.4 is 5.73 Å². The van der Waals surface area contributed by atoms with Crippen LogP contribution in [0, 0.1) is 0 Å². The van der Waals surface area contributed by atoms with Crippen LogP contribution in [0.25, 0.3) is 0 Å². The molecule has 0 aliphatic carbocycles. The minimum atomic E-state index is -3.54.